The molecule has 2 unspecified atom stereocenters. The van der Waals surface area contributed by atoms with E-state index in [0.717, 1.165) is 0 Å². The minimum Gasteiger partial charge on any atom is -0.481 e. The fourth-order valence-corrected chi connectivity index (χ4v) is 4.50. The molecular formula is C31H55N3O10. The van der Waals surface area contributed by atoms with Gasteiger partial charge in [-0.15, -0.1) is 0 Å². The van der Waals surface area contributed by atoms with Crippen molar-refractivity contribution in [1.29, 1.82) is 0 Å². The molecule has 0 saturated carbocycles. The van der Waals surface area contributed by atoms with Gasteiger partial charge in [0.2, 0.25) is 11.8 Å². The number of carboxylic acids is 2. The van der Waals surface area contributed by atoms with E-state index in [4.69, 9.17) is 20.9 Å². The van der Waals surface area contributed by atoms with Crippen molar-refractivity contribution in [2.24, 2.45) is 34.1 Å². The number of aliphatic carboxylic acids is 2. The lowest BCUT2D eigenvalue weighted by molar-refractivity contribution is -0.171. The van der Waals surface area contributed by atoms with Crippen molar-refractivity contribution in [1.82, 2.24) is 4.90 Å². The summed E-state index contributed by atoms with van der Waals surface area (Å²) in [4.78, 5) is 78.7. The molecule has 0 aromatic carbocycles. The van der Waals surface area contributed by atoms with Crippen molar-refractivity contribution < 1.29 is 48.5 Å². The van der Waals surface area contributed by atoms with E-state index >= 15 is 0 Å². The van der Waals surface area contributed by atoms with Crippen LogP contribution in [0.4, 0.5) is 0 Å². The van der Waals surface area contributed by atoms with Crippen molar-refractivity contribution in [2.75, 3.05) is 0 Å². The summed E-state index contributed by atoms with van der Waals surface area (Å²) in [6.45, 7) is 19.6. The number of carboxylic acid groups (broad SMARTS) is 2. The molecule has 13 nitrogen and oxygen atoms in total. The number of ether oxygens (including phenoxy) is 2. The Labute approximate surface area is 261 Å². The van der Waals surface area contributed by atoms with Crippen LogP contribution in [0.5, 0.6) is 0 Å². The van der Waals surface area contributed by atoms with Gasteiger partial charge in [-0.3, -0.25) is 28.9 Å². The number of amides is 2. The number of rotatable bonds is 13. The van der Waals surface area contributed by atoms with E-state index in [9.17, 15) is 39.0 Å². The lowest BCUT2D eigenvalue weighted by Crippen LogP contribution is -2.60. The third kappa shape index (κ3) is 13.7. The summed E-state index contributed by atoms with van der Waals surface area (Å²) >= 11 is 0. The summed E-state index contributed by atoms with van der Waals surface area (Å²) in [7, 11) is 0. The van der Waals surface area contributed by atoms with Gasteiger partial charge in [-0.2, -0.15) is 0 Å². The van der Waals surface area contributed by atoms with Crippen LogP contribution < -0.4 is 11.5 Å². The van der Waals surface area contributed by atoms with E-state index in [1.54, 1.807) is 83.1 Å². The normalized spacial score (nSPS) is 16.1. The van der Waals surface area contributed by atoms with Crippen LogP contribution in [0.15, 0.2) is 0 Å². The molecule has 0 bridgehead atoms. The Hall–Kier alpha value is -3.06. The van der Waals surface area contributed by atoms with E-state index in [-0.39, 0.29) is 12.8 Å². The van der Waals surface area contributed by atoms with Gasteiger partial charge in [-0.05, 0) is 71.6 Å². The molecule has 0 fully saturated rings. The Kier molecular flexibility index (Phi) is 14.2. The summed E-state index contributed by atoms with van der Waals surface area (Å²) in [5, 5.41) is 19.6. The summed E-state index contributed by atoms with van der Waals surface area (Å²) in [5.41, 5.74) is 8.89. The van der Waals surface area contributed by atoms with Crippen LogP contribution in [0.25, 0.3) is 0 Å². The standard InChI is InChI=1S/C31H55N3O10/c1-28(2,3)17(25(38)39)15-19(32)23(36)34(24(37)20(33)16-18(26(40)41)29(4,5)6)21(27(42)44-31(10,11)12)13-14-22(35)43-30(7,8)9/h17-21H,13-16,32-33H2,1-12H3,(H,38,39)(H,40,41)/t17?,18?,19-,20-,21-/m0/s1. The molecule has 0 rings (SSSR count). The number of esters is 2. The predicted octanol–water partition coefficient (Wildman–Crippen LogP) is 3.10. The summed E-state index contributed by atoms with van der Waals surface area (Å²) in [5.74, 6) is -8.59. The van der Waals surface area contributed by atoms with Crippen molar-refractivity contribution >= 4 is 35.7 Å². The van der Waals surface area contributed by atoms with Crippen LogP contribution in [0.3, 0.4) is 0 Å². The molecular weight excluding hydrogens is 574 g/mol. The number of carbonyl (C=O) groups excluding carboxylic acids is 4. The number of nitrogens with two attached hydrogens (primary N) is 2. The third-order valence-corrected chi connectivity index (χ3v) is 6.81. The van der Waals surface area contributed by atoms with Crippen LogP contribution in [0.2, 0.25) is 0 Å². The zero-order valence-electron chi connectivity index (χ0n) is 28.5. The fourth-order valence-electron chi connectivity index (χ4n) is 4.50. The smallest absolute Gasteiger partial charge is 0.329 e. The average Bonchev–Trinajstić information content (AvgIpc) is 2.78. The Bertz CT molecular complexity index is 1010. The van der Waals surface area contributed by atoms with Gasteiger partial charge in [0.1, 0.15) is 17.2 Å². The van der Waals surface area contributed by atoms with Gasteiger partial charge >= 0.3 is 23.9 Å². The maximum absolute atomic E-state index is 14.0. The first-order valence-corrected chi connectivity index (χ1v) is 14.8. The Morgan fingerprint density at radius 3 is 1.25 bits per heavy atom. The van der Waals surface area contributed by atoms with Gasteiger partial charge < -0.3 is 31.2 Å². The lowest BCUT2D eigenvalue weighted by atomic mass is 9.76. The monoisotopic (exact) mass is 629 g/mol. The molecule has 0 aliphatic carbocycles. The van der Waals surface area contributed by atoms with Gasteiger partial charge in [-0.25, -0.2) is 4.79 Å². The first-order chi connectivity index (χ1) is 19.5. The molecule has 0 radical (unpaired) electrons. The number of imide groups is 1. The van der Waals surface area contributed by atoms with E-state index in [1.165, 1.54) is 0 Å². The quantitative estimate of drug-likeness (QED) is 0.216. The zero-order chi connectivity index (χ0) is 35.2. The molecule has 0 heterocycles. The van der Waals surface area contributed by atoms with E-state index in [2.05, 4.69) is 0 Å². The van der Waals surface area contributed by atoms with Crippen molar-refractivity contribution in [3.05, 3.63) is 0 Å². The molecule has 6 N–H and O–H groups in total. The Morgan fingerprint density at radius 1 is 0.636 bits per heavy atom. The summed E-state index contributed by atoms with van der Waals surface area (Å²) in [6, 6.07) is -4.85. The fraction of sp³-hybridized carbons (Fsp3) is 0.806. The van der Waals surface area contributed by atoms with Gasteiger partial charge in [0.15, 0.2) is 0 Å². The molecule has 5 atom stereocenters. The van der Waals surface area contributed by atoms with E-state index in [1.807, 2.05) is 0 Å². The molecule has 44 heavy (non-hydrogen) atoms. The van der Waals surface area contributed by atoms with Gasteiger partial charge in [0.25, 0.3) is 0 Å². The molecule has 13 heteroatoms. The van der Waals surface area contributed by atoms with Crippen LogP contribution in [-0.2, 0) is 38.2 Å². The second-order valence-corrected chi connectivity index (χ2v) is 15.4. The van der Waals surface area contributed by atoms with Crippen LogP contribution >= 0.6 is 0 Å². The molecule has 0 spiro atoms. The highest BCUT2D eigenvalue weighted by molar-refractivity contribution is 6.03. The number of nitrogens with zero attached hydrogens (tertiary/aromatic N) is 1. The molecule has 2 amide bonds. The Morgan fingerprint density at radius 2 is 0.977 bits per heavy atom. The first-order valence-electron chi connectivity index (χ1n) is 14.8. The maximum atomic E-state index is 14.0. The van der Waals surface area contributed by atoms with Crippen LogP contribution in [-0.4, -0.2) is 80.1 Å². The summed E-state index contributed by atoms with van der Waals surface area (Å²) < 4.78 is 10.9. The van der Waals surface area contributed by atoms with Crippen molar-refractivity contribution in [2.45, 2.75) is 138 Å². The Balaban J connectivity index is 6.95. The molecule has 0 saturated heterocycles. The molecule has 0 aliphatic heterocycles. The zero-order valence-corrected chi connectivity index (χ0v) is 28.5. The second kappa shape index (κ2) is 15.3. The van der Waals surface area contributed by atoms with Gasteiger partial charge in [0.05, 0.1) is 23.9 Å². The largest absolute Gasteiger partial charge is 0.481 e. The SMILES string of the molecule is CC(C)(C)OC(=O)CC[C@@H](C(=O)OC(C)(C)C)N(C(=O)[C@@H](N)CC(C(=O)O)C(C)(C)C)C(=O)[C@@H](N)CC(C(=O)O)C(C)(C)C. The predicted molar refractivity (Wildman–Crippen MR) is 163 cm³/mol. The van der Waals surface area contributed by atoms with Crippen LogP contribution in [0, 0.1) is 22.7 Å². The highest BCUT2D eigenvalue weighted by atomic mass is 16.6. The van der Waals surface area contributed by atoms with Crippen molar-refractivity contribution in [3.8, 4) is 0 Å². The van der Waals surface area contributed by atoms with Gasteiger partial charge in [0, 0.05) is 6.42 Å². The molecule has 254 valence electrons. The number of hydrogen-bond acceptors (Lipinski definition) is 10. The topological polar surface area (TPSA) is 217 Å². The second-order valence-electron chi connectivity index (χ2n) is 15.4. The molecule has 0 aliphatic rings. The number of carbonyl (C=O) groups is 6. The van der Waals surface area contributed by atoms with Crippen LogP contribution in [0.1, 0.15) is 109 Å². The highest BCUT2D eigenvalue weighted by Gasteiger charge is 2.45. The maximum Gasteiger partial charge on any atom is 0.329 e. The third-order valence-electron chi connectivity index (χ3n) is 6.81. The molecule has 0 aromatic heterocycles. The minimum absolute atomic E-state index is 0.385. The highest BCUT2D eigenvalue weighted by Crippen LogP contribution is 2.32. The summed E-state index contributed by atoms with van der Waals surface area (Å²) in [6.07, 6.45) is -1.58. The first kappa shape index (κ1) is 40.9. The van der Waals surface area contributed by atoms with E-state index in [0.29, 0.717) is 4.90 Å². The number of hydrogen-bond donors (Lipinski definition) is 4. The van der Waals surface area contributed by atoms with Gasteiger partial charge in [-0.1, -0.05) is 41.5 Å². The average molecular weight is 630 g/mol. The van der Waals surface area contributed by atoms with Crippen molar-refractivity contribution in [3.63, 3.8) is 0 Å². The van der Waals surface area contributed by atoms with E-state index < -0.39 is 101 Å². The lowest BCUT2D eigenvalue weighted by Gasteiger charge is -2.36. The molecule has 0 aromatic rings. The minimum atomic E-state index is -1.70.